The minimum absolute atomic E-state index is 0.0504. The van der Waals surface area contributed by atoms with E-state index in [1.165, 1.54) is 11.3 Å². The molecule has 8 nitrogen and oxygen atoms in total. The number of thioether (sulfide) groups is 1. The number of anilines is 1. The fourth-order valence-corrected chi connectivity index (χ4v) is 4.94. The van der Waals surface area contributed by atoms with Crippen LogP contribution in [0.2, 0.25) is 0 Å². The third-order valence-corrected chi connectivity index (χ3v) is 6.88. The number of carboxylic acids is 1. The molecule has 188 valence electrons. The summed E-state index contributed by atoms with van der Waals surface area (Å²) in [4.78, 5) is 21.6. The summed E-state index contributed by atoms with van der Waals surface area (Å²) in [5.41, 5.74) is 8.89. The molecule has 10 heteroatoms. The zero-order valence-corrected chi connectivity index (χ0v) is 21.3. The summed E-state index contributed by atoms with van der Waals surface area (Å²) in [5, 5.41) is 25.8. The topological polar surface area (TPSA) is 134 Å². The predicted octanol–water partition coefficient (Wildman–Crippen LogP) is 4.98. The molecule has 1 aromatic heterocycles. The highest BCUT2D eigenvalue weighted by atomic mass is 32.2. The molecule has 0 radical (unpaired) electrons. The third-order valence-electron chi connectivity index (χ3n) is 5.50. The molecule has 0 bridgehead atoms. The van der Waals surface area contributed by atoms with Crippen molar-refractivity contribution in [2.45, 2.75) is 10.9 Å². The van der Waals surface area contributed by atoms with Gasteiger partial charge in [0.05, 0.1) is 10.9 Å². The average Bonchev–Trinajstić information content (AvgIpc) is 3.39. The Kier molecular flexibility index (Phi) is 8.68. The van der Waals surface area contributed by atoms with E-state index in [1.54, 1.807) is 5.38 Å². The van der Waals surface area contributed by atoms with E-state index in [2.05, 4.69) is 51.9 Å². The number of aromatic nitrogens is 1. The van der Waals surface area contributed by atoms with Gasteiger partial charge >= 0.3 is 5.97 Å². The third kappa shape index (κ3) is 6.05. The van der Waals surface area contributed by atoms with Crippen LogP contribution in [-0.4, -0.2) is 39.3 Å². The Bertz CT molecular complexity index is 1250. The number of nitrogens with one attached hydrogen (secondary N) is 2. The van der Waals surface area contributed by atoms with E-state index < -0.39 is 16.9 Å². The second kappa shape index (κ2) is 12.3. The van der Waals surface area contributed by atoms with Gasteiger partial charge in [0.1, 0.15) is 17.8 Å². The summed E-state index contributed by atoms with van der Waals surface area (Å²) in [5.74, 6) is -1.27. The van der Waals surface area contributed by atoms with Crippen LogP contribution in [-0.2, 0) is 15.2 Å². The Morgan fingerprint density at radius 3 is 2.03 bits per heavy atom. The van der Waals surface area contributed by atoms with Gasteiger partial charge in [-0.2, -0.15) is 0 Å². The molecule has 37 heavy (non-hydrogen) atoms. The summed E-state index contributed by atoms with van der Waals surface area (Å²) >= 11 is 2.32. The number of hydrogen-bond acceptors (Lipinski definition) is 9. The monoisotopic (exact) mass is 531 g/mol. The highest BCUT2D eigenvalue weighted by Crippen LogP contribution is 2.40. The summed E-state index contributed by atoms with van der Waals surface area (Å²) in [6, 6.07) is 30.1. The van der Waals surface area contributed by atoms with Gasteiger partial charge in [-0.3, -0.25) is 0 Å². The number of nitrogens with two attached hydrogens (primary N) is 1. The maximum absolute atomic E-state index is 11.9. The molecule has 1 heterocycles. The van der Waals surface area contributed by atoms with E-state index in [4.69, 9.17) is 16.0 Å². The zero-order chi connectivity index (χ0) is 26.1. The first-order valence-corrected chi connectivity index (χ1v) is 13.1. The molecule has 0 aliphatic carbocycles. The number of rotatable bonds is 12. The van der Waals surface area contributed by atoms with E-state index in [0.29, 0.717) is 5.13 Å². The van der Waals surface area contributed by atoms with Crippen LogP contribution < -0.4 is 11.1 Å². The smallest absolute Gasteiger partial charge is 0.360 e. The van der Waals surface area contributed by atoms with Gasteiger partial charge < -0.3 is 26.4 Å². The lowest BCUT2D eigenvalue weighted by Gasteiger charge is -2.36. The normalized spacial score (nSPS) is 12.5. The lowest BCUT2D eigenvalue weighted by atomic mass is 9.77. The summed E-state index contributed by atoms with van der Waals surface area (Å²) < 4.78 is 0. The number of oxime groups is 1. The highest BCUT2D eigenvalue weighted by molar-refractivity contribution is 8.12. The number of nitrogens with zero attached hydrogens (tertiary/aromatic N) is 2. The lowest BCUT2D eigenvalue weighted by molar-refractivity contribution is -0.129. The molecule has 0 amide bonds. The van der Waals surface area contributed by atoms with Crippen molar-refractivity contribution in [2.24, 2.45) is 10.9 Å². The standard InChI is InChI=1S/C27H25N5O3S2/c28-18-37-23(29)16-35-32-24(25(33)34)22-17-36-26(30-22)31-27(19-10-4-1-5-11-19,20-12-6-2-7-13-20)21-14-8-3-9-15-21/h1-15,17-18,23,28H,16,29H2,(H,30,31)(H,33,34). The first kappa shape index (κ1) is 26.1. The van der Waals surface area contributed by atoms with Crippen molar-refractivity contribution < 1.29 is 14.7 Å². The van der Waals surface area contributed by atoms with Crippen molar-refractivity contribution in [3.8, 4) is 0 Å². The van der Waals surface area contributed by atoms with Crippen molar-refractivity contribution in [1.82, 2.24) is 4.98 Å². The van der Waals surface area contributed by atoms with Crippen LogP contribution in [0.3, 0.4) is 0 Å². The predicted molar refractivity (Wildman–Crippen MR) is 149 cm³/mol. The van der Waals surface area contributed by atoms with Gasteiger partial charge in [0.15, 0.2) is 5.13 Å². The maximum atomic E-state index is 11.9. The second-order valence-electron chi connectivity index (χ2n) is 7.84. The van der Waals surface area contributed by atoms with Crippen molar-refractivity contribution in [1.29, 1.82) is 5.41 Å². The first-order valence-electron chi connectivity index (χ1n) is 11.3. The molecule has 0 aliphatic rings. The fraction of sp³-hybridized carbons (Fsp3) is 0.111. The Balaban J connectivity index is 1.75. The van der Waals surface area contributed by atoms with Crippen molar-refractivity contribution >= 4 is 45.5 Å². The van der Waals surface area contributed by atoms with Gasteiger partial charge in [-0.05, 0) is 16.7 Å². The van der Waals surface area contributed by atoms with E-state index in [0.717, 1.165) is 34.0 Å². The molecule has 0 saturated carbocycles. The quantitative estimate of drug-likeness (QED) is 0.0666. The number of carboxylic acid groups (broad SMARTS) is 1. The van der Waals surface area contributed by atoms with Crippen molar-refractivity contribution in [2.75, 3.05) is 11.9 Å². The van der Waals surface area contributed by atoms with Crippen LogP contribution >= 0.6 is 23.1 Å². The van der Waals surface area contributed by atoms with Crippen LogP contribution in [0, 0.1) is 5.41 Å². The zero-order valence-electron chi connectivity index (χ0n) is 19.7. The SMILES string of the molecule is N=CSC(N)CON=C(C(=O)O)c1csc(NC(c2ccccc2)(c2ccccc2)c2ccccc2)n1. The Morgan fingerprint density at radius 2 is 1.57 bits per heavy atom. The molecule has 0 saturated heterocycles. The summed E-state index contributed by atoms with van der Waals surface area (Å²) in [7, 11) is 0. The molecule has 5 N–H and O–H groups in total. The Labute approximate surface area is 222 Å². The Hall–Kier alpha value is -3.99. The number of hydrogen-bond donors (Lipinski definition) is 4. The number of carbonyl (C=O) groups is 1. The summed E-state index contributed by atoms with van der Waals surface area (Å²) in [6.45, 7) is -0.0504. The lowest BCUT2D eigenvalue weighted by Crippen LogP contribution is -2.38. The largest absolute Gasteiger partial charge is 0.476 e. The van der Waals surface area contributed by atoms with Gasteiger partial charge in [-0.25, -0.2) is 9.78 Å². The molecule has 4 aromatic rings. The maximum Gasteiger partial charge on any atom is 0.360 e. The molecule has 0 aliphatic heterocycles. The van der Waals surface area contributed by atoms with Gasteiger partial charge in [0.2, 0.25) is 5.71 Å². The van der Waals surface area contributed by atoms with Crippen LogP contribution in [0.15, 0.2) is 102 Å². The van der Waals surface area contributed by atoms with Crippen LogP contribution in [0.5, 0.6) is 0 Å². The van der Waals surface area contributed by atoms with E-state index in [1.807, 2.05) is 54.6 Å². The van der Waals surface area contributed by atoms with Crippen LogP contribution in [0.25, 0.3) is 0 Å². The summed E-state index contributed by atoms with van der Waals surface area (Å²) in [6.07, 6.45) is 0. The van der Waals surface area contributed by atoms with Gasteiger partial charge in [-0.1, -0.05) is 108 Å². The van der Waals surface area contributed by atoms with E-state index in [9.17, 15) is 9.90 Å². The molecule has 0 fully saturated rings. The average molecular weight is 532 g/mol. The van der Waals surface area contributed by atoms with Crippen LogP contribution in [0.4, 0.5) is 5.13 Å². The highest BCUT2D eigenvalue weighted by Gasteiger charge is 2.37. The molecule has 1 unspecified atom stereocenters. The second-order valence-corrected chi connectivity index (χ2v) is 9.82. The molecule has 4 rings (SSSR count). The molecule has 0 spiro atoms. The first-order chi connectivity index (χ1) is 18.0. The minimum Gasteiger partial charge on any atom is -0.476 e. The Morgan fingerprint density at radius 1 is 1.05 bits per heavy atom. The van der Waals surface area contributed by atoms with Crippen LogP contribution in [0.1, 0.15) is 22.4 Å². The number of benzene rings is 3. The molecular formula is C27H25N5O3S2. The van der Waals surface area contributed by atoms with Crippen molar-refractivity contribution in [3.63, 3.8) is 0 Å². The minimum atomic E-state index is -1.27. The van der Waals surface area contributed by atoms with Crippen molar-refractivity contribution in [3.05, 3.63) is 119 Å². The van der Waals surface area contributed by atoms with Gasteiger partial charge in [0.25, 0.3) is 0 Å². The number of aliphatic carboxylic acids is 1. The van der Waals surface area contributed by atoms with Gasteiger partial charge in [0, 0.05) is 5.38 Å². The number of thiazole rings is 1. The molecular weight excluding hydrogens is 506 g/mol. The molecule has 3 aromatic carbocycles. The fourth-order valence-electron chi connectivity index (χ4n) is 3.88. The van der Waals surface area contributed by atoms with E-state index in [-0.39, 0.29) is 18.0 Å². The van der Waals surface area contributed by atoms with E-state index >= 15 is 0 Å². The molecule has 1 atom stereocenters. The van der Waals surface area contributed by atoms with Gasteiger partial charge in [-0.15, -0.1) is 11.3 Å².